The predicted octanol–water partition coefficient (Wildman–Crippen LogP) is 4.63. The molecule has 1 aromatic heterocycles. The van der Waals surface area contributed by atoms with Gasteiger partial charge < -0.3 is 20.2 Å². The Morgan fingerprint density at radius 1 is 0.925 bits per heavy atom. The zero-order chi connectivity index (χ0) is 37.3. The number of aromatic nitrogens is 1. The lowest BCUT2D eigenvalue weighted by atomic mass is 9.98. The molecule has 0 unspecified atom stereocenters. The molecule has 2 atom stereocenters. The summed E-state index contributed by atoms with van der Waals surface area (Å²) in [5, 5.41) is 16.7. The Balaban J connectivity index is 1.28. The number of piperazine rings is 1. The zero-order valence-corrected chi connectivity index (χ0v) is 30.0. The van der Waals surface area contributed by atoms with Crippen molar-refractivity contribution in [3.8, 4) is 5.75 Å². The summed E-state index contributed by atoms with van der Waals surface area (Å²) in [6, 6.07) is 28.2. The number of hydrazine groups is 1. The summed E-state index contributed by atoms with van der Waals surface area (Å²) < 4.78 is 29.2. The van der Waals surface area contributed by atoms with E-state index in [0.717, 1.165) is 11.1 Å². The molecule has 2 aliphatic heterocycles. The van der Waals surface area contributed by atoms with Gasteiger partial charge in [-0.25, -0.2) is 27.2 Å². The lowest BCUT2D eigenvalue weighted by Gasteiger charge is -2.55. The number of phenols is 1. The highest BCUT2D eigenvalue weighted by Gasteiger charge is 2.51. The molecule has 5 aromatic rings. The summed E-state index contributed by atoms with van der Waals surface area (Å²) in [4.78, 5) is 45.9. The number of aromatic hydroxyl groups is 1. The zero-order valence-electron chi connectivity index (χ0n) is 29.2. The maximum atomic E-state index is 14.6. The molecule has 0 spiro atoms. The summed E-state index contributed by atoms with van der Waals surface area (Å²) in [5.74, 6) is -0.597. The van der Waals surface area contributed by atoms with Crippen LogP contribution in [0.15, 0.2) is 127 Å². The summed E-state index contributed by atoms with van der Waals surface area (Å²) >= 11 is 0. The molecule has 4 aromatic carbocycles. The Bertz CT molecular complexity index is 2270. The number of phenolic OH excluding ortho intramolecular Hbond substituents is 1. The third-order valence-electron chi connectivity index (χ3n) is 9.73. The van der Waals surface area contributed by atoms with Crippen molar-refractivity contribution in [1.29, 1.82) is 0 Å². The summed E-state index contributed by atoms with van der Waals surface area (Å²) in [6.45, 7) is 6.01. The van der Waals surface area contributed by atoms with Gasteiger partial charge in [0, 0.05) is 37.6 Å². The molecule has 4 amide bonds. The Hall–Kier alpha value is -5.92. The average Bonchev–Trinajstić information content (AvgIpc) is 3.53. The smallest absolute Gasteiger partial charge is 0.334 e. The molecule has 272 valence electrons. The van der Waals surface area contributed by atoms with E-state index in [9.17, 15) is 27.9 Å². The molecule has 12 nitrogen and oxygen atoms in total. The normalized spacial score (nSPS) is 17.9. The van der Waals surface area contributed by atoms with Gasteiger partial charge in [-0.05, 0) is 53.9 Å². The van der Waals surface area contributed by atoms with Crippen molar-refractivity contribution in [2.24, 2.45) is 0 Å². The first-order valence-electron chi connectivity index (χ1n) is 17.3. The number of benzene rings is 4. The van der Waals surface area contributed by atoms with Crippen molar-refractivity contribution in [2.75, 3.05) is 19.6 Å². The molecule has 0 bridgehead atoms. The first-order chi connectivity index (χ1) is 25.5. The maximum Gasteiger partial charge on any atom is 0.334 e. The van der Waals surface area contributed by atoms with Crippen molar-refractivity contribution >= 4 is 38.8 Å². The van der Waals surface area contributed by atoms with E-state index in [1.807, 2.05) is 49.4 Å². The Morgan fingerprint density at radius 2 is 1.62 bits per heavy atom. The summed E-state index contributed by atoms with van der Waals surface area (Å²) in [6.07, 6.45) is 2.40. The third kappa shape index (κ3) is 7.00. The lowest BCUT2D eigenvalue weighted by molar-refractivity contribution is -0.189. The van der Waals surface area contributed by atoms with Crippen LogP contribution in [-0.2, 0) is 39.1 Å². The molecule has 2 fully saturated rings. The van der Waals surface area contributed by atoms with Gasteiger partial charge in [0.15, 0.2) is 0 Å². The highest BCUT2D eigenvalue weighted by molar-refractivity contribution is 7.90. The molecule has 13 heteroatoms. The second-order valence-corrected chi connectivity index (χ2v) is 15.1. The SMILES string of the molecule is C=CCN1CC(=O)N2[C@@H](Cc3ccc(O)cc3)C(=O)N(Cc3cn(S(=O)(=O)c4ccc(C)cc4)c4ccccc34)C[C@@H]2N1C(=O)NCc1ccccc1. The molecule has 7 rings (SSSR count). The number of carbonyl (C=O) groups is 3. The van der Waals surface area contributed by atoms with E-state index < -0.39 is 28.3 Å². The van der Waals surface area contributed by atoms with Crippen LogP contribution >= 0.6 is 0 Å². The lowest BCUT2D eigenvalue weighted by Crippen LogP contribution is -2.76. The number of fused-ring (bicyclic) bond motifs is 2. The molecular formula is C40H40N6O6S. The minimum absolute atomic E-state index is 0.0152. The van der Waals surface area contributed by atoms with Crippen LogP contribution in [0.4, 0.5) is 4.79 Å². The van der Waals surface area contributed by atoms with Crippen LogP contribution in [0.25, 0.3) is 10.9 Å². The van der Waals surface area contributed by atoms with E-state index in [1.165, 1.54) is 26.0 Å². The molecule has 0 aliphatic carbocycles. The van der Waals surface area contributed by atoms with Crippen LogP contribution < -0.4 is 5.32 Å². The van der Waals surface area contributed by atoms with Gasteiger partial charge in [-0.15, -0.1) is 6.58 Å². The third-order valence-corrected chi connectivity index (χ3v) is 11.4. The van der Waals surface area contributed by atoms with Crippen LogP contribution in [0.3, 0.4) is 0 Å². The topological polar surface area (TPSA) is 136 Å². The van der Waals surface area contributed by atoms with Crippen molar-refractivity contribution in [2.45, 2.75) is 43.5 Å². The molecule has 0 saturated carbocycles. The van der Waals surface area contributed by atoms with E-state index >= 15 is 0 Å². The number of hydrogen-bond acceptors (Lipinski definition) is 7. The summed E-state index contributed by atoms with van der Waals surface area (Å²) in [7, 11) is -4.00. The van der Waals surface area contributed by atoms with Gasteiger partial charge in [-0.3, -0.25) is 9.59 Å². The molecular weight excluding hydrogens is 693 g/mol. The highest BCUT2D eigenvalue weighted by Crippen LogP contribution is 2.32. The Labute approximate surface area is 308 Å². The fourth-order valence-corrected chi connectivity index (χ4v) is 8.52. The van der Waals surface area contributed by atoms with Gasteiger partial charge in [0.1, 0.15) is 18.0 Å². The number of nitrogens with one attached hydrogen (secondary N) is 1. The van der Waals surface area contributed by atoms with E-state index in [4.69, 9.17) is 0 Å². The monoisotopic (exact) mass is 732 g/mol. The van der Waals surface area contributed by atoms with Crippen molar-refractivity contribution in [3.63, 3.8) is 0 Å². The molecule has 0 radical (unpaired) electrons. The predicted molar refractivity (Wildman–Crippen MR) is 200 cm³/mol. The second-order valence-electron chi connectivity index (χ2n) is 13.3. The van der Waals surface area contributed by atoms with Gasteiger partial charge in [-0.2, -0.15) is 0 Å². The Morgan fingerprint density at radius 3 is 2.34 bits per heavy atom. The first kappa shape index (κ1) is 35.5. The van der Waals surface area contributed by atoms with Gasteiger partial charge in [0.2, 0.25) is 11.8 Å². The van der Waals surface area contributed by atoms with Crippen molar-refractivity contribution in [1.82, 2.24) is 29.1 Å². The molecule has 2 aliphatic rings. The Kier molecular flexibility index (Phi) is 9.78. The first-order valence-corrected chi connectivity index (χ1v) is 18.7. The number of amides is 4. The molecule has 2 N–H and O–H groups in total. The van der Waals surface area contributed by atoms with E-state index in [-0.39, 0.29) is 61.6 Å². The number of hydrogen-bond donors (Lipinski definition) is 2. The van der Waals surface area contributed by atoms with Crippen molar-refractivity contribution in [3.05, 3.63) is 144 Å². The number of rotatable bonds is 10. The fourth-order valence-electron chi connectivity index (χ4n) is 7.13. The van der Waals surface area contributed by atoms with Crippen LogP contribution in [0.5, 0.6) is 5.75 Å². The fraction of sp³-hybridized carbons (Fsp3) is 0.225. The average molecular weight is 733 g/mol. The minimum atomic E-state index is -4.00. The highest BCUT2D eigenvalue weighted by atomic mass is 32.2. The quantitative estimate of drug-likeness (QED) is 0.200. The van der Waals surface area contributed by atoms with E-state index in [1.54, 1.807) is 70.7 Å². The van der Waals surface area contributed by atoms with E-state index in [2.05, 4.69) is 11.9 Å². The second kappa shape index (κ2) is 14.6. The van der Waals surface area contributed by atoms with Gasteiger partial charge in [0.05, 0.1) is 23.5 Å². The van der Waals surface area contributed by atoms with Gasteiger partial charge >= 0.3 is 6.03 Å². The van der Waals surface area contributed by atoms with Crippen LogP contribution in [-0.4, -0.2) is 87.0 Å². The molecule has 53 heavy (non-hydrogen) atoms. The van der Waals surface area contributed by atoms with Gasteiger partial charge in [-0.1, -0.05) is 84.4 Å². The molecule has 3 heterocycles. The maximum absolute atomic E-state index is 14.6. The standard InChI is InChI=1S/C40H40N6O6S/c1-3-21-43-27-38(48)45-36(22-29-15-17-32(47)18-16-29)39(49)42(26-37(45)46(43)40(50)41-23-30-9-5-4-6-10-30)24-31-25-44(35-12-8-7-11-34(31)35)53(51,52)33-19-13-28(2)14-20-33/h3-20,25,36-37,47H,1,21-24,26-27H2,2H3,(H,41,50)/t36-,37-/m0/s1. The van der Waals surface area contributed by atoms with Crippen LogP contribution in [0, 0.1) is 6.92 Å². The largest absolute Gasteiger partial charge is 0.508 e. The van der Waals surface area contributed by atoms with E-state index in [0.29, 0.717) is 22.0 Å². The number of carbonyl (C=O) groups excluding carboxylic acids is 3. The summed E-state index contributed by atoms with van der Waals surface area (Å²) in [5.41, 5.74) is 3.58. The van der Waals surface area contributed by atoms with Crippen LogP contribution in [0.1, 0.15) is 22.3 Å². The number of urea groups is 1. The number of para-hydroxylation sites is 1. The van der Waals surface area contributed by atoms with Crippen LogP contribution in [0.2, 0.25) is 0 Å². The van der Waals surface area contributed by atoms with Crippen molar-refractivity contribution < 1.29 is 27.9 Å². The number of aryl methyl sites for hydroxylation is 1. The minimum Gasteiger partial charge on any atom is -0.508 e. The molecule has 2 saturated heterocycles. The van der Waals surface area contributed by atoms with Gasteiger partial charge in [0.25, 0.3) is 10.0 Å². The number of nitrogens with zero attached hydrogens (tertiary/aromatic N) is 5.